The Morgan fingerprint density at radius 2 is 1.74 bits per heavy atom. The molecule has 1 unspecified atom stereocenters. The van der Waals surface area contributed by atoms with Gasteiger partial charge in [0.15, 0.2) is 5.65 Å². The number of para-hydroxylation sites is 1. The Kier molecular flexibility index (Phi) is 5.03. The van der Waals surface area contributed by atoms with Gasteiger partial charge >= 0.3 is 0 Å². The first-order chi connectivity index (χ1) is 15.2. The zero-order valence-electron chi connectivity index (χ0n) is 17.5. The monoisotopic (exact) mass is 416 g/mol. The van der Waals surface area contributed by atoms with Crippen molar-refractivity contribution in [3.8, 4) is 17.2 Å². The fraction of sp³-hybridized carbons (Fsp3) is 0.261. The minimum atomic E-state index is 0.260. The summed E-state index contributed by atoms with van der Waals surface area (Å²) < 4.78 is 12.7. The molecule has 3 heterocycles. The molecule has 0 aliphatic carbocycles. The Bertz CT molecular complexity index is 1170. The number of benzene rings is 2. The number of ether oxygens (including phenoxy) is 2. The van der Waals surface area contributed by atoms with Crippen LogP contribution in [0.3, 0.4) is 0 Å². The summed E-state index contributed by atoms with van der Waals surface area (Å²) in [7, 11) is 3.34. The second kappa shape index (κ2) is 8.14. The molecule has 0 spiro atoms. The van der Waals surface area contributed by atoms with Gasteiger partial charge in [0.1, 0.15) is 23.6 Å². The van der Waals surface area contributed by atoms with Crippen molar-refractivity contribution >= 4 is 22.5 Å². The summed E-state index contributed by atoms with van der Waals surface area (Å²) in [6.07, 6.45) is 4.41. The van der Waals surface area contributed by atoms with Gasteiger partial charge in [-0.25, -0.2) is 14.6 Å². The molecule has 158 valence electrons. The van der Waals surface area contributed by atoms with E-state index in [2.05, 4.69) is 25.3 Å². The summed E-state index contributed by atoms with van der Waals surface area (Å²) in [5, 5.41) is 9.04. The number of nitrogens with zero attached hydrogens (tertiary/aromatic N) is 5. The highest BCUT2D eigenvalue weighted by Gasteiger charge is 2.25. The molecule has 8 nitrogen and oxygen atoms in total. The highest BCUT2D eigenvalue weighted by atomic mass is 16.5. The number of methoxy groups -OCH3 is 2. The minimum absolute atomic E-state index is 0.260. The van der Waals surface area contributed by atoms with Crippen molar-refractivity contribution in [3.63, 3.8) is 0 Å². The molecular formula is C23H24N6O2. The van der Waals surface area contributed by atoms with Gasteiger partial charge in [-0.2, -0.15) is 5.10 Å². The molecule has 1 atom stereocenters. The van der Waals surface area contributed by atoms with Crippen LogP contribution in [0.1, 0.15) is 6.42 Å². The molecule has 2 aromatic carbocycles. The van der Waals surface area contributed by atoms with Crippen LogP contribution in [-0.2, 0) is 0 Å². The number of hydrogen-bond donors (Lipinski definition) is 1. The zero-order chi connectivity index (χ0) is 21.2. The van der Waals surface area contributed by atoms with Crippen molar-refractivity contribution < 1.29 is 9.47 Å². The predicted octanol–water partition coefficient (Wildman–Crippen LogP) is 3.52. The number of hydrogen-bond acceptors (Lipinski definition) is 7. The second-order valence-corrected chi connectivity index (χ2v) is 7.50. The average Bonchev–Trinajstić information content (AvgIpc) is 3.47. The Balaban J connectivity index is 1.36. The summed E-state index contributed by atoms with van der Waals surface area (Å²) in [6, 6.07) is 16.2. The maximum Gasteiger partial charge on any atom is 0.168 e. The number of rotatable bonds is 6. The van der Waals surface area contributed by atoms with E-state index in [4.69, 9.17) is 9.47 Å². The standard InChI is InChI=1S/C23H24N6O2/c1-30-19-10-18(11-20(12-19)31-2)28-9-8-16(14-28)27-22-21-13-26-29(23(21)25-15-24-22)17-6-4-3-5-7-17/h3-7,10-13,15-16H,8-9,14H2,1-2H3,(H,24,25,27). The van der Waals surface area contributed by atoms with Crippen LogP contribution >= 0.6 is 0 Å². The van der Waals surface area contributed by atoms with E-state index in [1.54, 1.807) is 20.5 Å². The highest BCUT2D eigenvalue weighted by molar-refractivity contribution is 5.87. The molecule has 1 N–H and O–H groups in total. The highest BCUT2D eigenvalue weighted by Crippen LogP contribution is 2.31. The molecule has 0 radical (unpaired) electrons. The van der Waals surface area contributed by atoms with Crippen molar-refractivity contribution in [2.45, 2.75) is 12.5 Å². The van der Waals surface area contributed by atoms with Crippen LogP contribution in [0.2, 0.25) is 0 Å². The molecule has 1 aliphatic rings. The van der Waals surface area contributed by atoms with E-state index in [0.717, 1.165) is 59.2 Å². The summed E-state index contributed by atoms with van der Waals surface area (Å²) in [5.74, 6) is 2.38. The van der Waals surface area contributed by atoms with Crippen molar-refractivity contribution in [1.29, 1.82) is 0 Å². The average molecular weight is 416 g/mol. The van der Waals surface area contributed by atoms with Crippen LogP contribution in [0.25, 0.3) is 16.7 Å². The molecular weight excluding hydrogens is 392 g/mol. The van der Waals surface area contributed by atoms with Gasteiger partial charge in [0.2, 0.25) is 0 Å². The first-order valence-corrected chi connectivity index (χ1v) is 10.2. The smallest absolute Gasteiger partial charge is 0.168 e. The van der Waals surface area contributed by atoms with Crippen LogP contribution in [0.5, 0.6) is 11.5 Å². The largest absolute Gasteiger partial charge is 0.497 e. The van der Waals surface area contributed by atoms with E-state index in [1.165, 1.54) is 0 Å². The lowest BCUT2D eigenvalue weighted by Crippen LogP contribution is -2.26. The van der Waals surface area contributed by atoms with Crippen LogP contribution in [0, 0.1) is 0 Å². The molecule has 1 aliphatic heterocycles. The number of fused-ring (bicyclic) bond motifs is 1. The molecule has 0 saturated carbocycles. The third-order valence-electron chi connectivity index (χ3n) is 5.60. The molecule has 4 aromatic rings. The van der Waals surface area contributed by atoms with E-state index >= 15 is 0 Å². The number of anilines is 2. The van der Waals surface area contributed by atoms with Crippen LogP contribution < -0.4 is 19.7 Å². The normalized spacial score (nSPS) is 15.9. The predicted molar refractivity (Wildman–Crippen MR) is 120 cm³/mol. The molecule has 1 fully saturated rings. The van der Waals surface area contributed by atoms with Gasteiger partial charge in [0.25, 0.3) is 0 Å². The Hall–Kier alpha value is -3.81. The third kappa shape index (κ3) is 3.72. The lowest BCUT2D eigenvalue weighted by Gasteiger charge is -2.21. The fourth-order valence-corrected chi connectivity index (χ4v) is 4.00. The topological polar surface area (TPSA) is 77.3 Å². The number of aromatic nitrogens is 4. The third-order valence-corrected chi connectivity index (χ3v) is 5.60. The van der Waals surface area contributed by atoms with Gasteiger partial charge in [-0.3, -0.25) is 0 Å². The maximum absolute atomic E-state index is 5.42. The molecule has 31 heavy (non-hydrogen) atoms. The molecule has 0 amide bonds. The van der Waals surface area contributed by atoms with Crippen molar-refractivity contribution in [1.82, 2.24) is 19.7 Å². The lowest BCUT2D eigenvalue weighted by molar-refractivity contribution is 0.394. The van der Waals surface area contributed by atoms with Crippen molar-refractivity contribution in [2.75, 3.05) is 37.5 Å². The SMILES string of the molecule is COc1cc(OC)cc(N2CCC(Nc3ncnc4c3cnn4-c3ccccc3)C2)c1. The molecule has 0 bridgehead atoms. The van der Waals surface area contributed by atoms with Crippen molar-refractivity contribution in [2.24, 2.45) is 0 Å². The zero-order valence-corrected chi connectivity index (χ0v) is 17.5. The molecule has 5 rings (SSSR count). The summed E-state index contributed by atoms with van der Waals surface area (Å²) >= 11 is 0. The van der Waals surface area contributed by atoms with E-state index in [0.29, 0.717) is 0 Å². The van der Waals surface area contributed by atoms with Gasteiger partial charge in [0.05, 0.1) is 31.5 Å². The summed E-state index contributed by atoms with van der Waals surface area (Å²) in [4.78, 5) is 11.3. The van der Waals surface area contributed by atoms with Crippen LogP contribution in [0.15, 0.2) is 61.1 Å². The van der Waals surface area contributed by atoms with E-state index in [9.17, 15) is 0 Å². The quantitative estimate of drug-likeness (QED) is 0.515. The van der Waals surface area contributed by atoms with Gasteiger partial charge in [0, 0.05) is 43.0 Å². The van der Waals surface area contributed by atoms with E-state index < -0.39 is 0 Å². The second-order valence-electron chi connectivity index (χ2n) is 7.50. The van der Waals surface area contributed by atoms with Gasteiger partial charge in [-0.15, -0.1) is 0 Å². The Morgan fingerprint density at radius 1 is 0.968 bits per heavy atom. The Morgan fingerprint density at radius 3 is 2.48 bits per heavy atom. The molecule has 1 saturated heterocycles. The van der Waals surface area contributed by atoms with Gasteiger partial charge < -0.3 is 19.7 Å². The maximum atomic E-state index is 5.42. The first kappa shape index (κ1) is 19.2. The van der Waals surface area contributed by atoms with Gasteiger partial charge in [-0.05, 0) is 18.6 Å². The molecule has 2 aromatic heterocycles. The molecule has 8 heteroatoms. The van der Waals surface area contributed by atoms with Crippen LogP contribution in [-0.4, -0.2) is 53.1 Å². The summed E-state index contributed by atoms with van der Waals surface area (Å²) in [5.41, 5.74) is 2.85. The van der Waals surface area contributed by atoms with Crippen molar-refractivity contribution in [3.05, 3.63) is 61.1 Å². The lowest BCUT2D eigenvalue weighted by atomic mass is 10.2. The Labute approximate surface area is 180 Å². The fourth-order valence-electron chi connectivity index (χ4n) is 4.00. The van der Waals surface area contributed by atoms with E-state index in [-0.39, 0.29) is 6.04 Å². The van der Waals surface area contributed by atoms with E-state index in [1.807, 2.05) is 59.4 Å². The number of nitrogens with one attached hydrogen (secondary N) is 1. The van der Waals surface area contributed by atoms with Gasteiger partial charge in [-0.1, -0.05) is 18.2 Å². The minimum Gasteiger partial charge on any atom is -0.497 e. The van der Waals surface area contributed by atoms with Crippen LogP contribution in [0.4, 0.5) is 11.5 Å². The first-order valence-electron chi connectivity index (χ1n) is 10.2. The summed E-state index contributed by atoms with van der Waals surface area (Å²) in [6.45, 7) is 1.79.